The number of nitrogens with one attached hydrogen (secondary N) is 1. The fourth-order valence-electron chi connectivity index (χ4n) is 1.22. The molecule has 0 spiro atoms. The normalized spacial score (nSPS) is 11.2. The summed E-state index contributed by atoms with van der Waals surface area (Å²) in [5.41, 5.74) is -0.218. The number of anilines is 1. The molecule has 0 fully saturated rings. The van der Waals surface area contributed by atoms with E-state index in [0.717, 1.165) is 12.4 Å². The Labute approximate surface area is 99.1 Å². The van der Waals surface area contributed by atoms with E-state index in [0.29, 0.717) is 18.9 Å². The summed E-state index contributed by atoms with van der Waals surface area (Å²) in [5, 5.41) is 22.2. The molecule has 0 amide bonds. The topological polar surface area (TPSA) is 101 Å². The van der Waals surface area contributed by atoms with Crippen molar-refractivity contribution < 1.29 is 10.0 Å². The van der Waals surface area contributed by atoms with Gasteiger partial charge in [-0.05, 0) is 11.8 Å². The summed E-state index contributed by atoms with van der Waals surface area (Å²) < 4.78 is 0. The molecular weight excluding hydrogens is 224 g/mol. The Balaban J connectivity index is 2.55. The number of aromatic nitrogens is 2. The lowest BCUT2D eigenvalue weighted by molar-refractivity contribution is -0.385. The highest BCUT2D eigenvalue weighted by Crippen LogP contribution is 2.19. The predicted octanol–water partition coefficient (Wildman–Crippen LogP) is 1.21. The molecule has 0 aliphatic rings. The van der Waals surface area contributed by atoms with Crippen molar-refractivity contribution in [1.82, 2.24) is 9.97 Å². The molecule has 1 aromatic heterocycles. The zero-order valence-electron chi connectivity index (χ0n) is 9.88. The number of aliphatic hydroxyl groups is 1. The zero-order chi connectivity index (χ0) is 12.9. The first-order valence-electron chi connectivity index (χ1n) is 5.26. The average Bonchev–Trinajstić information content (AvgIpc) is 2.27. The third-order valence-corrected chi connectivity index (χ3v) is 2.36. The van der Waals surface area contributed by atoms with Crippen LogP contribution in [0.2, 0.25) is 0 Å². The van der Waals surface area contributed by atoms with Crippen LogP contribution in [0.4, 0.5) is 11.6 Å². The first-order chi connectivity index (χ1) is 7.94. The van der Waals surface area contributed by atoms with Gasteiger partial charge in [-0.3, -0.25) is 10.1 Å². The molecule has 94 valence electrons. The van der Waals surface area contributed by atoms with Crippen LogP contribution in [0.5, 0.6) is 0 Å². The third-order valence-electron chi connectivity index (χ3n) is 2.36. The second-order valence-corrected chi connectivity index (χ2v) is 4.51. The molecule has 1 rings (SSSR count). The van der Waals surface area contributed by atoms with E-state index in [1.807, 2.05) is 13.8 Å². The number of aliphatic hydroxyl groups excluding tert-OH is 1. The molecule has 1 aromatic rings. The van der Waals surface area contributed by atoms with E-state index in [1.54, 1.807) is 0 Å². The lowest BCUT2D eigenvalue weighted by Gasteiger charge is -2.23. The van der Waals surface area contributed by atoms with E-state index in [9.17, 15) is 10.1 Å². The molecule has 0 saturated carbocycles. The molecule has 0 aliphatic carbocycles. The van der Waals surface area contributed by atoms with Crippen LogP contribution in [0.25, 0.3) is 0 Å². The molecular formula is C10H16N4O3. The lowest BCUT2D eigenvalue weighted by atomic mass is 9.90. The van der Waals surface area contributed by atoms with Gasteiger partial charge in [0.2, 0.25) is 5.95 Å². The number of rotatable bonds is 6. The largest absolute Gasteiger partial charge is 0.396 e. The SMILES string of the molecule is CC(C)(CCO)CNc1ncc([N+](=O)[O-])cn1. The van der Waals surface area contributed by atoms with Gasteiger partial charge < -0.3 is 10.4 Å². The van der Waals surface area contributed by atoms with Gasteiger partial charge in [0.1, 0.15) is 12.4 Å². The quantitative estimate of drug-likeness (QED) is 0.572. The van der Waals surface area contributed by atoms with Crippen molar-refractivity contribution in [2.45, 2.75) is 20.3 Å². The van der Waals surface area contributed by atoms with Crippen molar-refractivity contribution in [3.05, 3.63) is 22.5 Å². The van der Waals surface area contributed by atoms with Crippen molar-refractivity contribution in [2.24, 2.45) is 5.41 Å². The van der Waals surface area contributed by atoms with Crippen molar-refractivity contribution >= 4 is 11.6 Å². The van der Waals surface area contributed by atoms with E-state index < -0.39 is 4.92 Å². The van der Waals surface area contributed by atoms with Crippen molar-refractivity contribution in [1.29, 1.82) is 0 Å². The number of nitrogens with zero attached hydrogens (tertiary/aromatic N) is 3. The van der Waals surface area contributed by atoms with Crippen molar-refractivity contribution in [3.63, 3.8) is 0 Å². The third kappa shape index (κ3) is 4.31. The summed E-state index contributed by atoms with van der Waals surface area (Å²) in [6.07, 6.45) is 2.98. The minimum atomic E-state index is -0.542. The van der Waals surface area contributed by atoms with Crippen LogP contribution >= 0.6 is 0 Å². The van der Waals surface area contributed by atoms with E-state index in [4.69, 9.17) is 5.11 Å². The Morgan fingerprint density at radius 3 is 2.53 bits per heavy atom. The van der Waals surface area contributed by atoms with Gasteiger partial charge in [-0.25, -0.2) is 9.97 Å². The van der Waals surface area contributed by atoms with Crippen LogP contribution in [0, 0.1) is 15.5 Å². The van der Waals surface area contributed by atoms with Gasteiger partial charge >= 0.3 is 5.69 Å². The van der Waals surface area contributed by atoms with Crippen molar-refractivity contribution in [3.8, 4) is 0 Å². The van der Waals surface area contributed by atoms with Gasteiger partial charge in [0.05, 0.1) is 4.92 Å². The first kappa shape index (κ1) is 13.3. The van der Waals surface area contributed by atoms with Crippen LogP contribution in [0.15, 0.2) is 12.4 Å². The van der Waals surface area contributed by atoms with E-state index in [1.165, 1.54) is 0 Å². The molecule has 17 heavy (non-hydrogen) atoms. The second kappa shape index (κ2) is 5.53. The van der Waals surface area contributed by atoms with Crippen LogP contribution in [-0.2, 0) is 0 Å². The maximum atomic E-state index is 10.4. The first-order valence-corrected chi connectivity index (χ1v) is 5.26. The summed E-state index contributed by atoms with van der Waals surface area (Å²) in [4.78, 5) is 17.5. The fourth-order valence-corrected chi connectivity index (χ4v) is 1.22. The van der Waals surface area contributed by atoms with Gasteiger partial charge in [0.15, 0.2) is 0 Å². The summed E-state index contributed by atoms with van der Waals surface area (Å²) in [5.74, 6) is 0.349. The standard InChI is InChI=1S/C10H16N4O3/c1-10(2,3-4-15)7-13-9-11-5-8(6-12-9)14(16)17/h5-6,15H,3-4,7H2,1-2H3,(H,11,12,13). The van der Waals surface area contributed by atoms with Gasteiger partial charge in [-0.2, -0.15) is 0 Å². The minimum Gasteiger partial charge on any atom is -0.396 e. The molecule has 0 aromatic carbocycles. The molecule has 0 aliphatic heterocycles. The van der Waals surface area contributed by atoms with Crippen LogP contribution < -0.4 is 5.32 Å². The van der Waals surface area contributed by atoms with Gasteiger partial charge in [-0.1, -0.05) is 13.8 Å². The Bertz CT molecular complexity index is 378. The molecule has 7 nitrogen and oxygen atoms in total. The Morgan fingerprint density at radius 2 is 2.06 bits per heavy atom. The smallest absolute Gasteiger partial charge is 0.305 e. The molecule has 7 heteroatoms. The Morgan fingerprint density at radius 1 is 1.47 bits per heavy atom. The molecule has 0 bridgehead atoms. The molecule has 0 saturated heterocycles. The highest BCUT2D eigenvalue weighted by Gasteiger charge is 2.17. The van der Waals surface area contributed by atoms with Gasteiger partial charge in [-0.15, -0.1) is 0 Å². The van der Waals surface area contributed by atoms with Crippen molar-refractivity contribution in [2.75, 3.05) is 18.5 Å². The zero-order valence-corrected chi connectivity index (χ0v) is 9.88. The Kier molecular flexibility index (Phi) is 4.33. The van der Waals surface area contributed by atoms with E-state index in [2.05, 4.69) is 15.3 Å². The minimum absolute atomic E-state index is 0.0834. The summed E-state index contributed by atoms with van der Waals surface area (Å²) >= 11 is 0. The summed E-state index contributed by atoms with van der Waals surface area (Å²) in [6.45, 7) is 4.71. The molecule has 1 heterocycles. The summed E-state index contributed by atoms with van der Waals surface area (Å²) in [7, 11) is 0. The highest BCUT2D eigenvalue weighted by molar-refractivity contribution is 5.30. The van der Waals surface area contributed by atoms with E-state index in [-0.39, 0.29) is 17.7 Å². The lowest BCUT2D eigenvalue weighted by Crippen LogP contribution is -2.25. The number of hydrogen-bond donors (Lipinski definition) is 2. The maximum Gasteiger partial charge on any atom is 0.305 e. The monoisotopic (exact) mass is 240 g/mol. The maximum absolute atomic E-state index is 10.4. The summed E-state index contributed by atoms with van der Waals surface area (Å²) in [6, 6.07) is 0. The molecule has 0 unspecified atom stereocenters. The number of nitro groups is 1. The molecule has 2 N–H and O–H groups in total. The van der Waals surface area contributed by atoms with E-state index >= 15 is 0 Å². The molecule has 0 atom stereocenters. The Hall–Kier alpha value is -1.76. The predicted molar refractivity (Wildman–Crippen MR) is 62.7 cm³/mol. The number of hydrogen-bond acceptors (Lipinski definition) is 6. The van der Waals surface area contributed by atoms with Gasteiger partial charge in [0.25, 0.3) is 0 Å². The van der Waals surface area contributed by atoms with Crippen LogP contribution in [0.3, 0.4) is 0 Å². The average molecular weight is 240 g/mol. The van der Waals surface area contributed by atoms with Gasteiger partial charge in [0, 0.05) is 13.2 Å². The van der Waals surface area contributed by atoms with Crippen LogP contribution in [-0.4, -0.2) is 33.1 Å². The second-order valence-electron chi connectivity index (χ2n) is 4.51. The van der Waals surface area contributed by atoms with Crippen LogP contribution in [0.1, 0.15) is 20.3 Å². The highest BCUT2D eigenvalue weighted by atomic mass is 16.6. The molecule has 0 radical (unpaired) electrons. The fraction of sp³-hybridized carbons (Fsp3) is 0.600.